The lowest BCUT2D eigenvalue weighted by Crippen LogP contribution is -2.38. The second-order valence-corrected chi connectivity index (χ2v) is 6.91. The lowest BCUT2D eigenvalue weighted by Gasteiger charge is -2.32. The smallest absolute Gasteiger partial charge is 0.308 e. The van der Waals surface area contributed by atoms with Crippen LogP contribution < -0.4 is 4.90 Å². The van der Waals surface area contributed by atoms with E-state index in [9.17, 15) is 13.2 Å². The second kappa shape index (κ2) is 5.21. The van der Waals surface area contributed by atoms with Gasteiger partial charge in [-0.15, -0.1) is 0 Å². The SMILES string of the molecule is CS(=O)(=O)c1ccc(N2CCC[C@H](C(=O)O)C2)cc1. The van der Waals surface area contributed by atoms with Gasteiger partial charge in [0.25, 0.3) is 0 Å². The van der Waals surface area contributed by atoms with Crippen LogP contribution in [0.1, 0.15) is 12.8 Å². The third kappa shape index (κ3) is 3.26. The second-order valence-electron chi connectivity index (χ2n) is 4.89. The third-order valence-corrected chi connectivity index (χ3v) is 4.53. The minimum absolute atomic E-state index is 0.281. The standard InChI is InChI=1S/C13H17NO4S/c1-19(17,18)12-6-4-11(5-7-12)14-8-2-3-10(9-14)13(15)16/h4-7,10H,2-3,8-9H2,1H3,(H,15,16)/t10-/m0/s1. The van der Waals surface area contributed by atoms with Gasteiger partial charge in [0.05, 0.1) is 10.8 Å². The highest BCUT2D eigenvalue weighted by molar-refractivity contribution is 7.90. The zero-order chi connectivity index (χ0) is 14.0. The number of carbonyl (C=O) groups is 1. The van der Waals surface area contributed by atoms with Gasteiger partial charge in [0, 0.05) is 25.0 Å². The number of benzene rings is 1. The molecule has 0 amide bonds. The van der Waals surface area contributed by atoms with Crippen LogP contribution >= 0.6 is 0 Å². The topological polar surface area (TPSA) is 74.7 Å². The number of rotatable bonds is 3. The van der Waals surface area contributed by atoms with E-state index >= 15 is 0 Å². The maximum Gasteiger partial charge on any atom is 0.308 e. The number of anilines is 1. The van der Waals surface area contributed by atoms with Crippen LogP contribution in [0.2, 0.25) is 0 Å². The molecule has 104 valence electrons. The molecule has 0 unspecified atom stereocenters. The van der Waals surface area contributed by atoms with Crippen LogP contribution in [0, 0.1) is 5.92 Å². The van der Waals surface area contributed by atoms with Gasteiger partial charge in [-0.1, -0.05) is 0 Å². The van der Waals surface area contributed by atoms with Crippen LogP contribution in [0.4, 0.5) is 5.69 Å². The van der Waals surface area contributed by atoms with Crippen LogP contribution in [-0.4, -0.2) is 38.8 Å². The number of sulfone groups is 1. The highest BCUT2D eigenvalue weighted by atomic mass is 32.2. The molecule has 1 N–H and O–H groups in total. The predicted molar refractivity (Wildman–Crippen MR) is 72.1 cm³/mol. The number of carboxylic acid groups (broad SMARTS) is 1. The van der Waals surface area contributed by atoms with Crippen molar-refractivity contribution in [1.29, 1.82) is 0 Å². The number of aliphatic carboxylic acids is 1. The zero-order valence-corrected chi connectivity index (χ0v) is 11.6. The summed E-state index contributed by atoms with van der Waals surface area (Å²) in [6.07, 6.45) is 2.71. The first-order valence-corrected chi connectivity index (χ1v) is 8.05. The fourth-order valence-corrected chi connectivity index (χ4v) is 2.95. The van der Waals surface area contributed by atoms with E-state index in [1.807, 2.05) is 4.90 Å². The van der Waals surface area contributed by atoms with Gasteiger partial charge in [0.15, 0.2) is 9.84 Å². The van der Waals surface area contributed by atoms with Gasteiger partial charge in [-0.2, -0.15) is 0 Å². The number of nitrogens with zero attached hydrogens (tertiary/aromatic N) is 1. The predicted octanol–water partition coefficient (Wildman–Crippen LogP) is 1.39. The fourth-order valence-electron chi connectivity index (χ4n) is 2.32. The summed E-state index contributed by atoms with van der Waals surface area (Å²) in [5.41, 5.74) is 0.873. The quantitative estimate of drug-likeness (QED) is 0.907. The van der Waals surface area contributed by atoms with E-state index in [-0.39, 0.29) is 10.8 Å². The minimum Gasteiger partial charge on any atom is -0.481 e. The van der Waals surface area contributed by atoms with Gasteiger partial charge in [0.2, 0.25) is 0 Å². The highest BCUT2D eigenvalue weighted by Gasteiger charge is 2.25. The molecular formula is C13H17NO4S. The van der Waals surface area contributed by atoms with Crippen LogP contribution in [0.25, 0.3) is 0 Å². The molecule has 1 saturated heterocycles. The number of carboxylic acids is 1. The Hall–Kier alpha value is -1.56. The molecule has 2 rings (SSSR count). The molecule has 1 atom stereocenters. The Bertz CT molecular complexity index is 565. The van der Waals surface area contributed by atoms with Gasteiger partial charge in [-0.25, -0.2) is 8.42 Å². The molecule has 6 heteroatoms. The molecule has 1 aromatic rings. The van der Waals surface area contributed by atoms with E-state index in [4.69, 9.17) is 5.11 Å². The molecule has 1 aliphatic rings. The normalized spacial score (nSPS) is 20.3. The Balaban J connectivity index is 2.16. The molecule has 5 nitrogen and oxygen atoms in total. The lowest BCUT2D eigenvalue weighted by atomic mass is 9.98. The maximum absolute atomic E-state index is 11.4. The van der Waals surface area contributed by atoms with E-state index in [0.717, 1.165) is 18.7 Å². The molecule has 0 saturated carbocycles. The lowest BCUT2D eigenvalue weighted by molar-refractivity contribution is -0.141. The number of hydrogen-bond donors (Lipinski definition) is 1. The maximum atomic E-state index is 11.4. The van der Waals surface area contributed by atoms with Crippen molar-refractivity contribution in [3.8, 4) is 0 Å². The average Bonchev–Trinajstić information content (AvgIpc) is 2.38. The van der Waals surface area contributed by atoms with Crippen LogP contribution in [0.5, 0.6) is 0 Å². The van der Waals surface area contributed by atoms with Crippen molar-refractivity contribution < 1.29 is 18.3 Å². The van der Waals surface area contributed by atoms with E-state index in [2.05, 4.69) is 0 Å². The zero-order valence-electron chi connectivity index (χ0n) is 10.7. The fraction of sp³-hybridized carbons (Fsp3) is 0.462. The highest BCUT2D eigenvalue weighted by Crippen LogP contribution is 2.24. The van der Waals surface area contributed by atoms with Gasteiger partial charge >= 0.3 is 5.97 Å². The van der Waals surface area contributed by atoms with E-state index in [0.29, 0.717) is 13.0 Å². The molecule has 0 aliphatic carbocycles. The first-order chi connectivity index (χ1) is 8.88. The summed E-state index contributed by atoms with van der Waals surface area (Å²) in [6.45, 7) is 1.29. The van der Waals surface area contributed by atoms with E-state index in [1.54, 1.807) is 24.3 Å². The number of piperidine rings is 1. The van der Waals surface area contributed by atoms with Crippen molar-refractivity contribution in [3.63, 3.8) is 0 Å². The Kier molecular flexibility index (Phi) is 3.80. The van der Waals surface area contributed by atoms with Crippen molar-refractivity contribution >= 4 is 21.5 Å². The van der Waals surface area contributed by atoms with Crippen LogP contribution in [0.3, 0.4) is 0 Å². The summed E-state index contributed by atoms with van der Waals surface area (Å²) < 4.78 is 22.7. The molecule has 0 radical (unpaired) electrons. The van der Waals surface area contributed by atoms with Crippen LogP contribution in [0.15, 0.2) is 29.2 Å². The minimum atomic E-state index is -3.19. The molecule has 1 fully saturated rings. The summed E-state index contributed by atoms with van der Waals surface area (Å²) in [5.74, 6) is -1.11. The molecule has 19 heavy (non-hydrogen) atoms. The van der Waals surface area contributed by atoms with Gasteiger partial charge in [0.1, 0.15) is 0 Å². The first-order valence-electron chi connectivity index (χ1n) is 6.16. The van der Waals surface area contributed by atoms with Gasteiger partial charge in [-0.3, -0.25) is 4.79 Å². The molecule has 1 aliphatic heterocycles. The number of hydrogen-bond acceptors (Lipinski definition) is 4. The van der Waals surface area contributed by atoms with Crippen molar-refractivity contribution in [2.45, 2.75) is 17.7 Å². The summed E-state index contributed by atoms with van der Waals surface area (Å²) in [5, 5.41) is 9.05. The Morgan fingerprint density at radius 2 is 1.95 bits per heavy atom. The summed E-state index contributed by atoms with van der Waals surface area (Å²) in [7, 11) is -3.19. The molecule has 0 bridgehead atoms. The molecule has 0 spiro atoms. The van der Waals surface area contributed by atoms with Crippen molar-refractivity contribution in [1.82, 2.24) is 0 Å². The largest absolute Gasteiger partial charge is 0.481 e. The first kappa shape index (κ1) is 13.9. The monoisotopic (exact) mass is 283 g/mol. The average molecular weight is 283 g/mol. The van der Waals surface area contributed by atoms with E-state index < -0.39 is 15.8 Å². The summed E-state index contributed by atoms with van der Waals surface area (Å²) in [4.78, 5) is 13.3. The molecular weight excluding hydrogens is 266 g/mol. The third-order valence-electron chi connectivity index (χ3n) is 3.40. The van der Waals surface area contributed by atoms with Gasteiger partial charge < -0.3 is 10.0 Å². The van der Waals surface area contributed by atoms with Crippen molar-refractivity contribution in [2.24, 2.45) is 5.92 Å². The Morgan fingerprint density at radius 3 is 2.47 bits per heavy atom. The van der Waals surface area contributed by atoms with Gasteiger partial charge in [-0.05, 0) is 37.1 Å². The van der Waals surface area contributed by atoms with Crippen molar-refractivity contribution in [2.75, 3.05) is 24.2 Å². The molecule has 1 aromatic carbocycles. The molecule has 1 heterocycles. The van der Waals surface area contributed by atoms with E-state index in [1.165, 1.54) is 6.26 Å². The Morgan fingerprint density at radius 1 is 1.32 bits per heavy atom. The summed E-state index contributed by atoms with van der Waals surface area (Å²) in [6, 6.07) is 6.60. The van der Waals surface area contributed by atoms with Crippen molar-refractivity contribution in [3.05, 3.63) is 24.3 Å². The summed E-state index contributed by atoms with van der Waals surface area (Å²) >= 11 is 0. The Labute approximate surface area is 112 Å². The van der Waals surface area contributed by atoms with Crippen LogP contribution in [-0.2, 0) is 14.6 Å². The molecule has 0 aromatic heterocycles.